The van der Waals surface area contributed by atoms with Crippen molar-refractivity contribution in [3.05, 3.63) is 65.7 Å². The number of amides is 1. The molecule has 0 radical (unpaired) electrons. The molecule has 0 bridgehead atoms. The first kappa shape index (κ1) is 16.7. The number of ether oxygens (including phenoxy) is 1. The van der Waals surface area contributed by atoms with Crippen LogP contribution in [0.25, 0.3) is 6.08 Å². The number of rotatable bonds is 3. The molecule has 2 heterocycles. The van der Waals surface area contributed by atoms with Crippen LogP contribution in [0.5, 0.6) is 5.75 Å². The first-order chi connectivity index (χ1) is 12.5. The maximum atomic E-state index is 12.4. The minimum absolute atomic E-state index is 0.0986. The summed E-state index contributed by atoms with van der Waals surface area (Å²) in [6, 6.07) is 16.4. The summed E-state index contributed by atoms with van der Waals surface area (Å²) >= 11 is 0. The zero-order valence-electron chi connectivity index (χ0n) is 15.5. The van der Waals surface area contributed by atoms with Crippen LogP contribution in [0.4, 0.5) is 5.69 Å². The molecule has 134 valence electrons. The van der Waals surface area contributed by atoms with Crippen LogP contribution < -0.4 is 15.0 Å². The summed E-state index contributed by atoms with van der Waals surface area (Å²) in [5, 5.41) is 3.30. The fourth-order valence-electron chi connectivity index (χ4n) is 4.25. The molecule has 0 aliphatic carbocycles. The number of methoxy groups -OCH3 is 1. The number of hydrogen-bond acceptors (Lipinski definition) is 3. The van der Waals surface area contributed by atoms with Crippen LogP contribution in [0.15, 0.2) is 54.6 Å². The minimum atomic E-state index is -0.564. The van der Waals surface area contributed by atoms with Gasteiger partial charge in [0.15, 0.2) is 0 Å². The molecule has 0 saturated carbocycles. The van der Waals surface area contributed by atoms with Crippen molar-refractivity contribution in [1.29, 1.82) is 0 Å². The van der Waals surface area contributed by atoms with Gasteiger partial charge in [-0.2, -0.15) is 0 Å². The monoisotopic (exact) mass is 348 g/mol. The standard InChI is InChI=1S/C22H24N2O2/c1-21(2)18-6-4-5-7-19(18)24-15-13-20(25)23-22(21,24)14-12-16-8-10-17(26-3)11-9-16/h4-12,14H,13,15H2,1-3H3,(H,23,25)/b14-12+/t22-/m0/s1. The quantitative estimate of drug-likeness (QED) is 0.919. The number of hydrogen-bond donors (Lipinski definition) is 1. The molecule has 2 aromatic rings. The van der Waals surface area contributed by atoms with Gasteiger partial charge in [0.1, 0.15) is 11.4 Å². The second-order valence-electron chi connectivity index (χ2n) is 7.46. The van der Waals surface area contributed by atoms with Crippen molar-refractivity contribution in [3.63, 3.8) is 0 Å². The number of benzene rings is 2. The van der Waals surface area contributed by atoms with Crippen LogP contribution >= 0.6 is 0 Å². The van der Waals surface area contributed by atoms with E-state index in [0.29, 0.717) is 6.42 Å². The van der Waals surface area contributed by atoms with E-state index in [-0.39, 0.29) is 11.3 Å². The van der Waals surface area contributed by atoms with Gasteiger partial charge in [0.25, 0.3) is 0 Å². The third kappa shape index (κ3) is 2.32. The van der Waals surface area contributed by atoms with Gasteiger partial charge >= 0.3 is 0 Å². The summed E-state index contributed by atoms with van der Waals surface area (Å²) in [5.74, 6) is 0.933. The highest BCUT2D eigenvalue weighted by molar-refractivity contribution is 5.84. The highest BCUT2D eigenvalue weighted by Crippen LogP contribution is 2.52. The molecule has 4 rings (SSSR count). The van der Waals surface area contributed by atoms with E-state index in [1.165, 1.54) is 11.3 Å². The van der Waals surface area contributed by atoms with Crippen LogP contribution in [0.3, 0.4) is 0 Å². The molecule has 1 N–H and O–H groups in total. The number of fused-ring (bicyclic) bond motifs is 3. The van der Waals surface area contributed by atoms with Gasteiger partial charge in [0, 0.05) is 24.1 Å². The fraction of sp³-hybridized carbons (Fsp3) is 0.318. The van der Waals surface area contributed by atoms with Crippen molar-refractivity contribution >= 4 is 17.7 Å². The SMILES string of the molecule is COc1ccc(/C=C/[C@]23NC(=O)CCN2c2ccccc2C3(C)C)cc1. The van der Waals surface area contributed by atoms with Crippen molar-refractivity contribution in [2.75, 3.05) is 18.6 Å². The Balaban J connectivity index is 1.79. The molecule has 0 unspecified atom stereocenters. The number of nitrogens with zero attached hydrogens (tertiary/aromatic N) is 1. The van der Waals surface area contributed by atoms with Gasteiger partial charge in [0.05, 0.1) is 7.11 Å². The molecule has 1 atom stereocenters. The molecule has 1 fully saturated rings. The van der Waals surface area contributed by atoms with E-state index in [9.17, 15) is 4.79 Å². The van der Waals surface area contributed by atoms with Gasteiger partial charge in [-0.3, -0.25) is 4.79 Å². The predicted molar refractivity (Wildman–Crippen MR) is 104 cm³/mol. The van der Waals surface area contributed by atoms with Crippen molar-refractivity contribution in [2.24, 2.45) is 0 Å². The topological polar surface area (TPSA) is 41.6 Å². The molecule has 4 nitrogen and oxygen atoms in total. The lowest BCUT2D eigenvalue weighted by Gasteiger charge is -2.49. The summed E-state index contributed by atoms with van der Waals surface area (Å²) in [7, 11) is 1.66. The molecule has 1 saturated heterocycles. The zero-order valence-corrected chi connectivity index (χ0v) is 15.5. The molecular formula is C22H24N2O2. The van der Waals surface area contributed by atoms with Crippen molar-refractivity contribution < 1.29 is 9.53 Å². The summed E-state index contributed by atoms with van der Waals surface area (Å²) in [6.07, 6.45) is 4.75. The van der Waals surface area contributed by atoms with Crippen molar-refractivity contribution in [1.82, 2.24) is 5.32 Å². The molecule has 26 heavy (non-hydrogen) atoms. The smallest absolute Gasteiger partial charge is 0.223 e. The van der Waals surface area contributed by atoms with Gasteiger partial charge in [-0.25, -0.2) is 0 Å². The lowest BCUT2D eigenvalue weighted by molar-refractivity contribution is -0.124. The number of carbonyl (C=O) groups excluding carboxylic acids is 1. The molecule has 1 amide bonds. The third-order valence-corrected chi connectivity index (χ3v) is 5.77. The summed E-state index contributed by atoms with van der Waals surface area (Å²) in [5.41, 5.74) is 2.74. The van der Waals surface area contributed by atoms with E-state index in [1.54, 1.807) is 7.11 Å². The highest BCUT2D eigenvalue weighted by Gasteiger charge is 2.57. The molecule has 0 spiro atoms. The van der Waals surface area contributed by atoms with Gasteiger partial charge in [0.2, 0.25) is 5.91 Å². The van der Waals surface area contributed by atoms with E-state index in [4.69, 9.17) is 4.74 Å². The second-order valence-corrected chi connectivity index (χ2v) is 7.46. The van der Waals surface area contributed by atoms with E-state index in [0.717, 1.165) is 17.9 Å². The Morgan fingerprint density at radius 2 is 1.85 bits per heavy atom. The van der Waals surface area contributed by atoms with Crippen LogP contribution in [0, 0.1) is 0 Å². The average molecular weight is 348 g/mol. The lowest BCUT2D eigenvalue weighted by Crippen LogP contribution is -2.68. The molecular weight excluding hydrogens is 324 g/mol. The third-order valence-electron chi connectivity index (χ3n) is 5.77. The van der Waals surface area contributed by atoms with Gasteiger partial charge in [-0.05, 0) is 35.4 Å². The number of para-hydroxylation sites is 1. The van der Waals surface area contributed by atoms with Crippen LogP contribution in [-0.2, 0) is 10.2 Å². The van der Waals surface area contributed by atoms with Crippen LogP contribution in [0.2, 0.25) is 0 Å². The predicted octanol–water partition coefficient (Wildman–Crippen LogP) is 3.72. The summed E-state index contributed by atoms with van der Waals surface area (Å²) in [6.45, 7) is 5.13. The summed E-state index contributed by atoms with van der Waals surface area (Å²) in [4.78, 5) is 14.7. The Morgan fingerprint density at radius 1 is 1.12 bits per heavy atom. The highest BCUT2D eigenvalue weighted by atomic mass is 16.5. The van der Waals surface area contributed by atoms with Gasteiger partial charge < -0.3 is 15.0 Å². The van der Waals surface area contributed by atoms with E-state index >= 15 is 0 Å². The lowest BCUT2D eigenvalue weighted by atomic mass is 9.74. The van der Waals surface area contributed by atoms with E-state index < -0.39 is 5.66 Å². The first-order valence-corrected chi connectivity index (χ1v) is 8.99. The van der Waals surface area contributed by atoms with Gasteiger partial charge in [-0.1, -0.05) is 50.3 Å². The molecule has 2 aliphatic rings. The van der Waals surface area contributed by atoms with E-state index in [2.05, 4.69) is 60.5 Å². The Bertz CT molecular complexity index is 870. The maximum Gasteiger partial charge on any atom is 0.223 e. The largest absolute Gasteiger partial charge is 0.497 e. The fourth-order valence-corrected chi connectivity index (χ4v) is 4.25. The molecule has 2 aromatic carbocycles. The van der Waals surface area contributed by atoms with Gasteiger partial charge in [-0.15, -0.1) is 0 Å². The van der Waals surface area contributed by atoms with Crippen molar-refractivity contribution in [3.8, 4) is 5.75 Å². The first-order valence-electron chi connectivity index (χ1n) is 8.99. The Hall–Kier alpha value is -2.75. The number of carbonyl (C=O) groups is 1. The van der Waals surface area contributed by atoms with E-state index in [1.807, 2.05) is 24.3 Å². The summed E-state index contributed by atoms with van der Waals surface area (Å²) < 4.78 is 5.23. The van der Waals surface area contributed by atoms with Crippen molar-refractivity contribution in [2.45, 2.75) is 31.3 Å². The second kappa shape index (κ2) is 5.90. The number of nitrogens with one attached hydrogen (secondary N) is 1. The maximum absolute atomic E-state index is 12.4. The molecule has 2 aliphatic heterocycles. The Labute approximate surface area is 154 Å². The Morgan fingerprint density at radius 3 is 2.58 bits per heavy atom. The molecule has 4 heteroatoms. The Kier molecular flexibility index (Phi) is 3.79. The minimum Gasteiger partial charge on any atom is -0.497 e. The zero-order chi connectivity index (χ0) is 18.4. The average Bonchev–Trinajstić information content (AvgIpc) is 2.85. The number of anilines is 1. The van der Waals surface area contributed by atoms with Crippen LogP contribution in [-0.4, -0.2) is 25.2 Å². The van der Waals surface area contributed by atoms with Crippen LogP contribution in [0.1, 0.15) is 31.4 Å². The molecule has 0 aromatic heterocycles. The normalized spacial score (nSPS) is 23.5.